The van der Waals surface area contributed by atoms with Gasteiger partial charge in [0.15, 0.2) is 11.4 Å². The lowest BCUT2D eigenvalue weighted by Crippen LogP contribution is -2.26. The minimum atomic E-state index is -0.372. The number of nitrogens with one attached hydrogen (secondary N) is 1. The van der Waals surface area contributed by atoms with Gasteiger partial charge in [-0.1, -0.05) is 12.1 Å². The van der Waals surface area contributed by atoms with Crippen molar-refractivity contribution < 1.29 is 14.0 Å². The average molecular weight is 433 g/mol. The van der Waals surface area contributed by atoms with E-state index < -0.39 is 0 Å². The van der Waals surface area contributed by atoms with Crippen molar-refractivity contribution >= 4 is 28.4 Å². The van der Waals surface area contributed by atoms with Gasteiger partial charge in [0.1, 0.15) is 17.0 Å². The second kappa shape index (κ2) is 8.54. The lowest BCUT2D eigenvalue weighted by Gasteiger charge is -2.11. The molecule has 8 nitrogen and oxygen atoms in total. The number of carbonyl (C=O) groups excluding carboxylic acids is 2. The van der Waals surface area contributed by atoms with Gasteiger partial charge in [0.2, 0.25) is 5.91 Å². The predicted molar refractivity (Wildman–Crippen MR) is 118 cm³/mol. The number of amides is 1. The normalized spacial score (nSPS) is 11.0. The number of anilines is 1. The van der Waals surface area contributed by atoms with E-state index in [1.165, 1.54) is 34.5 Å². The molecular weight excluding hydrogens is 413 g/mol. The molecule has 0 fully saturated rings. The van der Waals surface area contributed by atoms with Crippen LogP contribution in [0.25, 0.3) is 16.7 Å². The van der Waals surface area contributed by atoms with Crippen molar-refractivity contribution in [2.24, 2.45) is 0 Å². The van der Waals surface area contributed by atoms with Crippen LogP contribution in [-0.4, -0.2) is 31.0 Å². The minimum absolute atomic E-state index is 0.0460. The summed E-state index contributed by atoms with van der Waals surface area (Å²) in [5.74, 6) is -0.330. The van der Waals surface area contributed by atoms with E-state index in [-0.39, 0.29) is 36.0 Å². The van der Waals surface area contributed by atoms with Gasteiger partial charge in [0.25, 0.3) is 5.56 Å². The van der Waals surface area contributed by atoms with E-state index in [9.17, 15) is 18.8 Å². The maximum atomic E-state index is 13.2. The first-order chi connectivity index (χ1) is 15.3. The number of Topliss-reactive ketones (excluding diaryl/α,β-unsaturated/α-hetero) is 1. The second-order valence-corrected chi connectivity index (χ2v) is 7.32. The summed E-state index contributed by atoms with van der Waals surface area (Å²) in [6.45, 7) is 3.27. The molecule has 1 amide bonds. The smallest absolute Gasteiger partial charge is 0.264 e. The number of aryl methyl sites for hydroxylation is 1. The van der Waals surface area contributed by atoms with Crippen LogP contribution in [0.3, 0.4) is 0 Å². The lowest BCUT2D eigenvalue weighted by molar-refractivity contribution is -0.116. The Morgan fingerprint density at radius 1 is 1.12 bits per heavy atom. The molecule has 0 aliphatic carbocycles. The van der Waals surface area contributed by atoms with Crippen LogP contribution in [0.1, 0.15) is 29.5 Å². The Hall–Kier alpha value is -4.14. The maximum absolute atomic E-state index is 13.2. The monoisotopic (exact) mass is 433 g/mol. The average Bonchev–Trinajstić information content (AvgIpc) is 3.18. The van der Waals surface area contributed by atoms with Gasteiger partial charge in [-0.25, -0.2) is 14.1 Å². The number of rotatable bonds is 6. The fraction of sp³-hybridized carbons (Fsp3) is 0.174. The molecule has 32 heavy (non-hydrogen) atoms. The van der Waals surface area contributed by atoms with Crippen LogP contribution in [0.4, 0.5) is 10.1 Å². The third-order valence-electron chi connectivity index (χ3n) is 5.06. The highest BCUT2D eigenvalue weighted by molar-refractivity contribution is 5.97. The highest BCUT2D eigenvalue weighted by Gasteiger charge is 2.15. The zero-order valence-electron chi connectivity index (χ0n) is 17.5. The largest absolute Gasteiger partial charge is 0.326 e. The van der Waals surface area contributed by atoms with E-state index in [4.69, 9.17) is 0 Å². The third kappa shape index (κ3) is 4.18. The highest BCUT2D eigenvalue weighted by Crippen LogP contribution is 2.16. The summed E-state index contributed by atoms with van der Waals surface area (Å²) in [7, 11) is 0. The SMILES string of the molecule is CC(=O)c1cccc(NC(=O)CCn2c(C)nc3c(cnn3-c3ccc(F)cc3)c2=O)c1. The lowest BCUT2D eigenvalue weighted by atomic mass is 10.1. The molecule has 0 radical (unpaired) electrons. The molecule has 0 unspecified atom stereocenters. The van der Waals surface area contributed by atoms with E-state index in [1.807, 2.05) is 0 Å². The molecule has 0 aliphatic heterocycles. The van der Waals surface area contributed by atoms with Crippen molar-refractivity contribution in [3.63, 3.8) is 0 Å². The van der Waals surface area contributed by atoms with Crippen LogP contribution in [0.15, 0.2) is 59.5 Å². The van der Waals surface area contributed by atoms with Crippen molar-refractivity contribution in [1.82, 2.24) is 19.3 Å². The number of fused-ring (bicyclic) bond motifs is 1. The van der Waals surface area contributed by atoms with E-state index in [2.05, 4.69) is 15.4 Å². The second-order valence-electron chi connectivity index (χ2n) is 7.32. The van der Waals surface area contributed by atoms with Crippen LogP contribution < -0.4 is 10.9 Å². The molecule has 4 rings (SSSR count). The number of nitrogens with zero attached hydrogens (tertiary/aromatic N) is 4. The van der Waals surface area contributed by atoms with Gasteiger partial charge in [0, 0.05) is 24.2 Å². The number of hydrogen-bond donors (Lipinski definition) is 1. The molecule has 0 bridgehead atoms. The Morgan fingerprint density at radius 2 is 1.88 bits per heavy atom. The zero-order chi connectivity index (χ0) is 22.8. The van der Waals surface area contributed by atoms with Gasteiger partial charge in [-0.15, -0.1) is 0 Å². The molecule has 9 heteroatoms. The predicted octanol–water partition coefficient (Wildman–Crippen LogP) is 3.26. The molecule has 4 aromatic rings. The summed E-state index contributed by atoms with van der Waals surface area (Å²) in [6, 6.07) is 12.4. The van der Waals surface area contributed by atoms with Gasteiger partial charge in [-0.2, -0.15) is 5.10 Å². The molecule has 1 N–H and O–H groups in total. The standard InChI is InChI=1S/C23H20FN5O3/c1-14(30)16-4-3-5-18(12-16)27-21(31)10-11-28-15(2)26-22-20(23(28)32)13-25-29(22)19-8-6-17(24)7-9-19/h3-9,12-13H,10-11H2,1-2H3,(H,27,31). The van der Waals surface area contributed by atoms with Crippen LogP contribution >= 0.6 is 0 Å². The van der Waals surface area contributed by atoms with Crippen molar-refractivity contribution in [2.45, 2.75) is 26.8 Å². The van der Waals surface area contributed by atoms with Crippen LogP contribution in [-0.2, 0) is 11.3 Å². The number of aromatic nitrogens is 4. The third-order valence-corrected chi connectivity index (χ3v) is 5.06. The summed E-state index contributed by atoms with van der Waals surface area (Å²) in [5, 5.41) is 7.26. The van der Waals surface area contributed by atoms with Gasteiger partial charge in [-0.3, -0.25) is 19.0 Å². The summed E-state index contributed by atoms with van der Waals surface area (Å²) in [5.41, 5.74) is 1.65. The molecule has 0 saturated carbocycles. The molecule has 0 atom stereocenters. The summed E-state index contributed by atoms with van der Waals surface area (Å²) in [6.07, 6.45) is 1.46. The van der Waals surface area contributed by atoms with Crippen molar-refractivity contribution in [1.29, 1.82) is 0 Å². The molecule has 2 heterocycles. The fourth-order valence-corrected chi connectivity index (χ4v) is 3.39. The Morgan fingerprint density at radius 3 is 2.59 bits per heavy atom. The topological polar surface area (TPSA) is 98.9 Å². The number of halogens is 1. The van der Waals surface area contributed by atoms with Crippen molar-refractivity contribution in [3.05, 3.63) is 82.3 Å². The van der Waals surface area contributed by atoms with E-state index in [0.29, 0.717) is 33.8 Å². The van der Waals surface area contributed by atoms with Crippen LogP contribution in [0, 0.1) is 12.7 Å². The number of carbonyl (C=O) groups is 2. The molecule has 0 saturated heterocycles. The molecule has 0 spiro atoms. The van der Waals surface area contributed by atoms with Crippen LogP contribution in [0.5, 0.6) is 0 Å². The maximum Gasteiger partial charge on any atom is 0.264 e. The first-order valence-corrected chi connectivity index (χ1v) is 9.95. The van der Waals surface area contributed by atoms with E-state index >= 15 is 0 Å². The fourth-order valence-electron chi connectivity index (χ4n) is 3.39. The summed E-state index contributed by atoms with van der Waals surface area (Å²) >= 11 is 0. The molecule has 0 aliphatic rings. The number of benzene rings is 2. The van der Waals surface area contributed by atoms with E-state index in [1.54, 1.807) is 43.3 Å². The molecule has 2 aromatic heterocycles. The Kier molecular flexibility index (Phi) is 5.63. The summed E-state index contributed by atoms with van der Waals surface area (Å²) in [4.78, 5) is 41.4. The Labute approximate surface area is 182 Å². The quantitative estimate of drug-likeness (QED) is 0.471. The number of ketones is 1. The first kappa shape index (κ1) is 21.1. The summed E-state index contributed by atoms with van der Waals surface area (Å²) < 4.78 is 16.1. The van der Waals surface area contributed by atoms with Crippen molar-refractivity contribution in [2.75, 3.05) is 5.32 Å². The van der Waals surface area contributed by atoms with Gasteiger partial charge in [0.05, 0.1) is 11.9 Å². The molecular formula is C23H20FN5O3. The highest BCUT2D eigenvalue weighted by atomic mass is 19.1. The Balaban J connectivity index is 1.54. The first-order valence-electron chi connectivity index (χ1n) is 9.95. The molecule has 2 aromatic carbocycles. The van der Waals surface area contributed by atoms with Crippen molar-refractivity contribution in [3.8, 4) is 5.69 Å². The number of hydrogen-bond acceptors (Lipinski definition) is 5. The minimum Gasteiger partial charge on any atom is -0.326 e. The van der Waals surface area contributed by atoms with Gasteiger partial charge >= 0.3 is 0 Å². The van der Waals surface area contributed by atoms with Gasteiger partial charge < -0.3 is 5.32 Å². The molecule has 162 valence electrons. The Bertz CT molecular complexity index is 1390. The van der Waals surface area contributed by atoms with E-state index in [0.717, 1.165) is 0 Å². The van der Waals surface area contributed by atoms with Gasteiger partial charge in [-0.05, 0) is 50.2 Å². The van der Waals surface area contributed by atoms with Crippen LogP contribution in [0.2, 0.25) is 0 Å². The zero-order valence-corrected chi connectivity index (χ0v) is 17.5.